The fourth-order valence-corrected chi connectivity index (χ4v) is 4.49. The molecular formula is C25H42N4O2. The summed E-state index contributed by atoms with van der Waals surface area (Å²) in [5.74, 6) is 1.05. The quantitative estimate of drug-likeness (QED) is 0.370. The minimum Gasteiger partial charge on any atom is -0.385 e. The van der Waals surface area contributed by atoms with Crippen molar-refractivity contribution in [1.29, 1.82) is 0 Å². The third kappa shape index (κ3) is 6.93. The lowest BCUT2D eigenvalue weighted by Crippen LogP contribution is -2.51. The average molecular weight is 431 g/mol. The van der Waals surface area contributed by atoms with E-state index >= 15 is 0 Å². The van der Waals surface area contributed by atoms with E-state index in [9.17, 15) is 0 Å². The van der Waals surface area contributed by atoms with Crippen LogP contribution >= 0.6 is 0 Å². The second kappa shape index (κ2) is 11.8. The van der Waals surface area contributed by atoms with Gasteiger partial charge in [-0.05, 0) is 57.6 Å². The Labute approximate surface area is 189 Å². The molecule has 3 rings (SSSR count). The first-order valence-electron chi connectivity index (χ1n) is 12.0. The van der Waals surface area contributed by atoms with Gasteiger partial charge >= 0.3 is 0 Å². The molecule has 0 unspecified atom stereocenters. The number of likely N-dealkylation sites (tertiary alicyclic amines) is 1. The van der Waals surface area contributed by atoms with Crippen molar-refractivity contribution >= 4 is 5.96 Å². The van der Waals surface area contributed by atoms with Crippen LogP contribution in [-0.2, 0) is 22.4 Å². The molecule has 2 aliphatic rings. The first-order valence-corrected chi connectivity index (χ1v) is 12.0. The maximum atomic E-state index is 6.02. The molecule has 1 N–H and O–H groups in total. The van der Waals surface area contributed by atoms with Gasteiger partial charge in [0.05, 0.1) is 12.6 Å². The van der Waals surface area contributed by atoms with Gasteiger partial charge in [-0.3, -0.25) is 9.89 Å². The number of guanidine groups is 1. The highest BCUT2D eigenvalue weighted by atomic mass is 16.5. The van der Waals surface area contributed by atoms with Gasteiger partial charge in [-0.1, -0.05) is 24.3 Å². The lowest BCUT2D eigenvalue weighted by Gasteiger charge is -2.41. The zero-order chi connectivity index (χ0) is 22.1. The zero-order valence-corrected chi connectivity index (χ0v) is 20.0. The van der Waals surface area contributed by atoms with Gasteiger partial charge in [0.25, 0.3) is 0 Å². The zero-order valence-electron chi connectivity index (χ0n) is 20.0. The van der Waals surface area contributed by atoms with Crippen LogP contribution in [-0.4, -0.2) is 80.4 Å². The number of nitrogens with one attached hydrogen (secondary N) is 1. The predicted molar refractivity (Wildman–Crippen MR) is 128 cm³/mol. The first-order chi connectivity index (χ1) is 15.0. The van der Waals surface area contributed by atoms with Crippen LogP contribution in [0.2, 0.25) is 0 Å². The Balaban J connectivity index is 1.53. The van der Waals surface area contributed by atoms with Crippen LogP contribution in [0.5, 0.6) is 0 Å². The standard InChI is InChI=1S/C25H42N4O2/c1-5-26-24(28-14-12-23(13-15-28)31-18-8-17-30-4)27-20-25(2,3)29-16-11-21-9-6-7-10-22(21)19-29/h6-7,9-10,23H,5,8,11-20H2,1-4H3,(H,26,27). The maximum Gasteiger partial charge on any atom is 0.193 e. The predicted octanol–water partition coefficient (Wildman–Crippen LogP) is 3.31. The van der Waals surface area contributed by atoms with Crippen molar-refractivity contribution in [2.24, 2.45) is 4.99 Å². The molecule has 174 valence electrons. The number of ether oxygens (including phenoxy) is 2. The molecule has 1 saturated heterocycles. The molecule has 0 aliphatic carbocycles. The normalized spacial score (nSPS) is 18.8. The molecule has 1 aromatic carbocycles. The van der Waals surface area contributed by atoms with E-state index < -0.39 is 0 Å². The molecule has 0 radical (unpaired) electrons. The topological polar surface area (TPSA) is 49.3 Å². The number of benzene rings is 1. The van der Waals surface area contributed by atoms with Crippen LogP contribution in [0.1, 0.15) is 51.2 Å². The molecule has 1 aromatic rings. The van der Waals surface area contributed by atoms with Crippen LogP contribution in [0, 0.1) is 0 Å². The monoisotopic (exact) mass is 430 g/mol. The summed E-state index contributed by atoms with van der Waals surface area (Å²) < 4.78 is 11.1. The molecule has 0 spiro atoms. The SMILES string of the molecule is CCNC(=NCC(C)(C)N1CCc2ccccc2C1)N1CCC(OCCCOC)CC1. The van der Waals surface area contributed by atoms with Crippen LogP contribution < -0.4 is 5.32 Å². The maximum absolute atomic E-state index is 6.02. The van der Waals surface area contributed by atoms with E-state index in [4.69, 9.17) is 14.5 Å². The van der Waals surface area contributed by atoms with Gasteiger partial charge in [0.1, 0.15) is 0 Å². The second-order valence-corrected chi connectivity index (χ2v) is 9.33. The molecule has 2 heterocycles. The number of aliphatic imine (C=N–C) groups is 1. The summed E-state index contributed by atoms with van der Waals surface area (Å²) in [6.45, 7) is 14.2. The number of piperidine rings is 1. The highest BCUT2D eigenvalue weighted by Crippen LogP contribution is 2.25. The molecule has 31 heavy (non-hydrogen) atoms. The Bertz CT molecular complexity index is 699. The van der Waals surface area contributed by atoms with Gasteiger partial charge in [-0.15, -0.1) is 0 Å². The second-order valence-electron chi connectivity index (χ2n) is 9.33. The first kappa shape index (κ1) is 24.0. The summed E-state index contributed by atoms with van der Waals surface area (Å²) >= 11 is 0. The minimum absolute atomic E-state index is 0.0248. The molecule has 0 amide bonds. The van der Waals surface area contributed by atoms with Crippen molar-refractivity contribution in [2.45, 2.75) is 64.6 Å². The molecule has 2 aliphatic heterocycles. The van der Waals surface area contributed by atoms with Gasteiger partial charge in [-0.25, -0.2) is 0 Å². The van der Waals surface area contributed by atoms with Crippen molar-refractivity contribution in [3.05, 3.63) is 35.4 Å². The van der Waals surface area contributed by atoms with E-state index in [2.05, 4.69) is 60.2 Å². The summed E-state index contributed by atoms with van der Waals surface area (Å²) in [5, 5.41) is 3.52. The Kier molecular flexibility index (Phi) is 9.17. The van der Waals surface area contributed by atoms with E-state index in [1.165, 1.54) is 11.1 Å². The molecule has 0 aromatic heterocycles. The Morgan fingerprint density at radius 1 is 1.13 bits per heavy atom. The van der Waals surface area contributed by atoms with Gasteiger partial charge in [0.15, 0.2) is 5.96 Å². The fourth-order valence-electron chi connectivity index (χ4n) is 4.49. The Morgan fingerprint density at radius 2 is 1.87 bits per heavy atom. The molecule has 6 nitrogen and oxygen atoms in total. The van der Waals surface area contributed by atoms with Gasteiger partial charge in [0.2, 0.25) is 0 Å². The van der Waals surface area contributed by atoms with Crippen molar-refractivity contribution in [3.63, 3.8) is 0 Å². The van der Waals surface area contributed by atoms with Crippen LogP contribution in [0.4, 0.5) is 0 Å². The number of hydrogen-bond donors (Lipinski definition) is 1. The number of rotatable bonds is 9. The van der Waals surface area contributed by atoms with Gasteiger partial charge in [-0.2, -0.15) is 0 Å². The van der Waals surface area contributed by atoms with Crippen LogP contribution in [0.3, 0.4) is 0 Å². The van der Waals surface area contributed by atoms with Crippen molar-refractivity contribution < 1.29 is 9.47 Å². The number of nitrogens with zero attached hydrogens (tertiary/aromatic N) is 3. The lowest BCUT2D eigenvalue weighted by molar-refractivity contribution is 0.00983. The molecule has 0 saturated carbocycles. The lowest BCUT2D eigenvalue weighted by atomic mass is 9.94. The molecule has 6 heteroatoms. The Morgan fingerprint density at radius 3 is 2.58 bits per heavy atom. The van der Waals surface area contributed by atoms with Crippen molar-refractivity contribution in [2.75, 3.05) is 53.0 Å². The number of hydrogen-bond acceptors (Lipinski definition) is 4. The van der Waals surface area contributed by atoms with E-state index in [1.54, 1.807) is 7.11 Å². The number of methoxy groups -OCH3 is 1. The minimum atomic E-state index is 0.0248. The van der Waals surface area contributed by atoms with Gasteiger partial charge in [0, 0.05) is 58.6 Å². The van der Waals surface area contributed by atoms with Crippen molar-refractivity contribution in [3.8, 4) is 0 Å². The fraction of sp³-hybridized carbons (Fsp3) is 0.720. The third-order valence-electron chi connectivity index (χ3n) is 6.53. The summed E-state index contributed by atoms with van der Waals surface area (Å²) in [5.41, 5.74) is 2.99. The number of fused-ring (bicyclic) bond motifs is 1. The summed E-state index contributed by atoms with van der Waals surface area (Å²) in [7, 11) is 1.74. The molecule has 0 bridgehead atoms. The highest BCUT2D eigenvalue weighted by Gasteiger charge is 2.30. The van der Waals surface area contributed by atoms with Gasteiger partial charge < -0.3 is 19.7 Å². The summed E-state index contributed by atoms with van der Waals surface area (Å²) in [6, 6.07) is 8.85. The summed E-state index contributed by atoms with van der Waals surface area (Å²) in [4.78, 5) is 10.1. The molecular weight excluding hydrogens is 388 g/mol. The largest absolute Gasteiger partial charge is 0.385 e. The Hall–Kier alpha value is -1.63. The van der Waals surface area contributed by atoms with Crippen LogP contribution in [0.25, 0.3) is 0 Å². The third-order valence-corrected chi connectivity index (χ3v) is 6.53. The average Bonchev–Trinajstić information content (AvgIpc) is 2.79. The highest BCUT2D eigenvalue weighted by molar-refractivity contribution is 5.80. The van der Waals surface area contributed by atoms with E-state index in [0.29, 0.717) is 6.10 Å². The van der Waals surface area contributed by atoms with E-state index in [-0.39, 0.29) is 5.54 Å². The molecule has 0 atom stereocenters. The van der Waals surface area contributed by atoms with E-state index in [0.717, 1.165) is 84.1 Å². The van der Waals surface area contributed by atoms with Crippen LogP contribution in [0.15, 0.2) is 29.3 Å². The van der Waals surface area contributed by atoms with E-state index in [1.807, 2.05) is 0 Å². The smallest absolute Gasteiger partial charge is 0.193 e. The molecule has 1 fully saturated rings. The van der Waals surface area contributed by atoms with Crippen molar-refractivity contribution in [1.82, 2.24) is 15.1 Å². The summed E-state index contributed by atoms with van der Waals surface area (Å²) in [6.07, 6.45) is 4.58.